The van der Waals surface area contributed by atoms with Gasteiger partial charge in [0.1, 0.15) is 0 Å². The van der Waals surface area contributed by atoms with E-state index in [-0.39, 0.29) is 21.9 Å². The molecule has 2 heteroatoms. The molecule has 0 N–H and O–H groups in total. The fourth-order valence-electron chi connectivity index (χ4n) is 2.94. The number of rotatable bonds is 4. The van der Waals surface area contributed by atoms with Gasteiger partial charge in [-0.15, -0.1) is 0 Å². The number of hydrogen-bond donors (Lipinski definition) is 0. The molecular weight excluding hydrogens is 220 g/mol. The van der Waals surface area contributed by atoms with Crippen molar-refractivity contribution in [2.75, 3.05) is 0 Å². The molecule has 0 rings (SSSR count). The highest BCUT2D eigenvalue weighted by molar-refractivity contribution is 4.86. The molecule has 0 saturated heterocycles. The van der Waals surface area contributed by atoms with E-state index in [1.807, 2.05) is 0 Å². The molecule has 108 valence electrons. The van der Waals surface area contributed by atoms with Gasteiger partial charge < -0.3 is 0 Å². The summed E-state index contributed by atoms with van der Waals surface area (Å²) in [5, 5.41) is 9.24. The highest BCUT2D eigenvalue weighted by Gasteiger charge is 2.28. The summed E-state index contributed by atoms with van der Waals surface area (Å²) in [7, 11) is 0. The van der Waals surface area contributed by atoms with E-state index >= 15 is 0 Å². The minimum absolute atomic E-state index is 0.0760. The molecule has 0 spiro atoms. The normalized spacial score (nSPS) is 15.4. The first-order valence-electron chi connectivity index (χ1n) is 7.06. The van der Waals surface area contributed by atoms with Crippen LogP contribution in [0.1, 0.15) is 82.1 Å². The maximum atomic E-state index is 4.62. The maximum absolute atomic E-state index is 4.62. The lowest BCUT2D eigenvalue weighted by atomic mass is 9.81. The standard InChI is InChI=1S/C16H34N2/c1-13(2,3)11-15(7,8)17-18-16(9,10)12-14(4,5)6/h11-12H2,1-10H3. The van der Waals surface area contributed by atoms with Gasteiger partial charge in [0, 0.05) is 0 Å². The van der Waals surface area contributed by atoms with Crippen LogP contribution in [0.3, 0.4) is 0 Å². The zero-order valence-electron chi connectivity index (χ0n) is 14.3. The molecule has 0 bridgehead atoms. The van der Waals surface area contributed by atoms with Crippen LogP contribution in [-0.4, -0.2) is 11.1 Å². The molecule has 0 aliphatic rings. The molecule has 0 saturated carbocycles. The van der Waals surface area contributed by atoms with E-state index in [0.29, 0.717) is 0 Å². The molecule has 0 atom stereocenters. The SMILES string of the molecule is CC(C)(C)CC(C)(C)N=NC(C)(C)CC(C)(C)C. The molecule has 0 amide bonds. The van der Waals surface area contributed by atoms with Crippen molar-refractivity contribution in [3.05, 3.63) is 0 Å². The van der Waals surface area contributed by atoms with Crippen molar-refractivity contribution in [1.82, 2.24) is 0 Å². The maximum Gasteiger partial charge on any atom is 0.0765 e. The molecule has 0 aliphatic carbocycles. The van der Waals surface area contributed by atoms with Crippen LogP contribution in [0, 0.1) is 10.8 Å². The van der Waals surface area contributed by atoms with Crippen molar-refractivity contribution in [2.24, 2.45) is 21.1 Å². The molecule has 0 aliphatic heterocycles. The Morgan fingerprint density at radius 3 is 0.889 bits per heavy atom. The van der Waals surface area contributed by atoms with Crippen molar-refractivity contribution in [3.8, 4) is 0 Å². The first-order valence-corrected chi connectivity index (χ1v) is 7.06. The summed E-state index contributed by atoms with van der Waals surface area (Å²) in [4.78, 5) is 0. The van der Waals surface area contributed by atoms with Crippen LogP contribution in [-0.2, 0) is 0 Å². The highest BCUT2D eigenvalue weighted by atomic mass is 15.2. The molecule has 0 heterocycles. The monoisotopic (exact) mass is 254 g/mol. The van der Waals surface area contributed by atoms with Crippen molar-refractivity contribution >= 4 is 0 Å². The summed E-state index contributed by atoms with van der Waals surface area (Å²) in [6.07, 6.45) is 2.10. The summed E-state index contributed by atoms with van der Waals surface area (Å²) in [6, 6.07) is 0. The number of nitrogens with zero attached hydrogens (tertiary/aromatic N) is 2. The third-order valence-electron chi connectivity index (χ3n) is 2.52. The minimum atomic E-state index is -0.0760. The Hall–Kier alpha value is -0.400. The lowest BCUT2D eigenvalue weighted by Crippen LogP contribution is -2.28. The Bertz CT molecular complexity index is 255. The topological polar surface area (TPSA) is 24.7 Å². The number of hydrogen-bond acceptors (Lipinski definition) is 2. The summed E-state index contributed by atoms with van der Waals surface area (Å²) in [5.74, 6) is 0. The van der Waals surface area contributed by atoms with E-state index in [1.54, 1.807) is 0 Å². The Labute approximate surface area is 115 Å². The second-order valence-corrected chi connectivity index (χ2v) is 9.30. The van der Waals surface area contributed by atoms with E-state index < -0.39 is 0 Å². The van der Waals surface area contributed by atoms with Crippen LogP contribution in [0.15, 0.2) is 10.2 Å². The van der Waals surface area contributed by atoms with Crippen molar-refractivity contribution in [2.45, 2.75) is 93.2 Å². The molecule has 0 aromatic heterocycles. The molecule has 2 nitrogen and oxygen atoms in total. The largest absolute Gasteiger partial charge is 0.187 e. The van der Waals surface area contributed by atoms with E-state index in [4.69, 9.17) is 0 Å². The smallest absolute Gasteiger partial charge is 0.0765 e. The van der Waals surface area contributed by atoms with E-state index in [9.17, 15) is 0 Å². The van der Waals surface area contributed by atoms with Crippen LogP contribution in [0.5, 0.6) is 0 Å². The van der Waals surface area contributed by atoms with Gasteiger partial charge in [-0.2, -0.15) is 10.2 Å². The van der Waals surface area contributed by atoms with Crippen molar-refractivity contribution in [3.63, 3.8) is 0 Å². The quantitative estimate of drug-likeness (QED) is 0.561. The molecule has 0 aromatic rings. The van der Waals surface area contributed by atoms with Gasteiger partial charge in [-0.25, -0.2) is 0 Å². The number of azo groups is 1. The summed E-state index contributed by atoms with van der Waals surface area (Å²) in [5.41, 5.74) is 0.425. The molecule has 0 aromatic carbocycles. The van der Waals surface area contributed by atoms with Gasteiger partial charge in [0.2, 0.25) is 0 Å². The average Bonchev–Trinajstić information content (AvgIpc) is 1.91. The second kappa shape index (κ2) is 5.30. The first-order chi connectivity index (χ1) is 7.62. The summed E-state index contributed by atoms with van der Waals surface area (Å²) in [6.45, 7) is 22.2. The molecule has 0 unspecified atom stereocenters. The van der Waals surface area contributed by atoms with Crippen LogP contribution >= 0.6 is 0 Å². The van der Waals surface area contributed by atoms with Gasteiger partial charge in [0.05, 0.1) is 11.1 Å². The average molecular weight is 254 g/mol. The lowest BCUT2D eigenvalue weighted by molar-refractivity contribution is 0.248. The van der Waals surface area contributed by atoms with E-state index in [1.165, 1.54) is 0 Å². The van der Waals surface area contributed by atoms with Gasteiger partial charge >= 0.3 is 0 Å². The zero-order chi connectivity index (χ0) is 14.8. The Morgan fingerprint density at radius 2 is 0.722 bits per heavy atom. The van der Waals surface area contributed by atoms with Crippen molar-refractivity contribution < 1.29 is 0 Å². The minimum Gasteiger partial charge on any atom is -0.187 e. The van der Waals surface area contributed by atoms with Crippen molar-refractivity contribution in [1.29, 1.82) is 0 Å². The summed E-state index contributed by atoms with van der Waals surface area (Å²) >= 11 is 0. The Balaban J connectivity index is 4.71. The molecule has 18 heavy (non-hydrogen) atoms. The van der Waals surface area contributed by atoms with E-state index in [0.717, 1.165) is 12.8 Å². The third kappa shape index (κ3) is 9.61. The second-order valence-electron chi connectivity index (χ2n) is 9.30. The van der Waals surface area contributed by atoms with Crippen LogP contribution in [0.2, 0.25) is 0 Å². The molecule has 0 radical (unpaired) electrons. The van der Waals surface area contributed by atoms with Crippen LogP contribution in [0.4, 0.5) is 0 Å². The predicted octanol–water partition coefficient (Wildman–Crippen LogP) is 5.87. The highest BCUT2D eigenvalue weighted by Crippen LogP contribution is 2.33. The van der Waals surface area contributed by atoms with Gasteiger partial charge in [0.25, 0.3) is 0 Å². The fourth-order valence-corrected chi connectivity index (χ4v) is 2.94. The van der Waals surface area contributed by atoms with Gasteiger partial charge in [0.15, 0.2) is 0 Å². The fraction of sp³-hybridized carbons (Fsp3) is 1.00. The lowest BCUT2D eigenvalue weighted by Gasteiger charge is -2.31. The molecule has 0 fully saturated rings. The Kier molecular flexibility index (Phi) is 5.19. The van der Waals surface area contributed by atoms with Gasteiger partial charge in [-0.1, -0.05) is 41.5 Å². The zero-order valence-corrected chi connectivity index (χ0v) is 14.3. The third-order valence-corrected chi connectivity index (χ3v) is 2.52. The first kappa shape index (κ1) is 17.6. The van der Waals surface area contributed by atoms with E-state index in [2.05, 4.69) is 79.5 Å². The molecular formula is C16H34N2. The predicted molar refractivity (Wildman–Crippen MR) is 81.2 cm³/mol. The summed E-state index contributed by atoms with van der Waals surface area (Å²) < 4.78 is 0. The van der Waals surface area contributed by atoms with Gasteiger partial charge in [-0.05, 0) is 51.4 Å². The Morgan fingerprint density at radius 1 is 0.500 bits per heavy atom. The van der Waals surface area contributed by atoms with Crippen LogP contribution < -0.4 is 0 Å². The van der Waals surface area contributed by atoms with Crippen LogP contribution in [0.25, 0.3) is 0 Å². The van der Waals surface area contributed by atoms with Gasteiger partial charge in [-0.3, -0.25) is 0 Å².